The number of hydrogen-bond donors (Lipinski definition) is 0. The molecule has 1 heterocycles. The molecule has 6 heteroatoms. The van der Waals surface area contributed by atoms with Crippen molar-refractivity contribution >= 4 is 17.4 Å². The molecule has 0 atom stereocenters. The number of ether oxygens (including phenoxy) is 1. The van der Waals surface area contributed by atoms with Crippen molar-refractivity contribution < 1.29 is 13.9 Å². The predicted molar refractivity (Wildman–Crippen MR) is 68.0 cm³/mol. The summed E-state index contributed by atoms with van der Waals surface area (Å²) in [5.41, 5.74) is 0.602. The number of aromatic nitrogens is 2. The quantitative estimate of drug-likeness (QED) is 0.808. The lowest BCUT2D eigenvalue weighted by atomic mass is 10.1. The van der Waals surface area contributed by atoms with Gasteiger partial charge < -0.3 is 4.74 Å². The topological polar surface area (TPSA) is 52.1 Å². The number of carbonyl (C=O) groups excluding carboxylic acids is 1. The smallest absolute Gasteiger partial charge is 0.233 e. The normalized spacial score (nSPS) is 10.3. The minimum atomic E-state index is -0.548. The Balaban J connectivity index is 2.18. The molecular weight excluding hydrogens is 271 g/mol. The van der Waals surface area contributed by atoms with Crippen LogP contribution in [0.25, 0.3) is 0 Å². The molecule has 0 bridgehead atoms. The van der Waals surface area contributed by atoms with Crippen molar-refractivity contribution in [3.63, 3.8) is 0 Å². The summed E-state index contributed by atoms with van der Waals surface area (Å²) in [4.78, 5) is 12.0. The highest BCUT2D eigenvalue weighted by atomic mass is 35.5. The van der Waals surface area contributed by atoms with Crippen LogP contribution in [0.1, 0.15) is 16.1 Å². The van der Waals surface area contributed by atoms with Crippen molar-refractivity contribution in [2.75, 3.05) is 7.11 Å². The number of ketones is 1. The molecule has 0 saturated carbocycles. The van der Waals surface area contributed by atoms with Crippen LogP contribution in [0.5, 0.6) is 5.88 Å². The van der Waals surface area contributed by atoms with Crippen LogP contribution in [0.15, 0.2) is 30.3 Å². The SMILES string of the molecule is COc1ccc(C(=O)Cc2cccc(F)c2Cl)nn1. The molecule has 0 fully saturated rings. The second kappa shape index (κ2) is 5.75. The van der Waals surface area contributed by atoms with Crippen LogP contribution in [0.2, 0.25) is 5.02 Å². The van der Waals surface area contributed by atoms with Crippen LogP contribution in [0.4, 0.5) is 4.39 Å². The Morgan fingerprint density at radius 2 is 2.11 bits per heavy atom. The molecule has 1 aromatic heterocycles. The summed E-state index contributed by atoms with van der Waals surface area (Å²) >= 11 is 5.79. The lowest BCUT2D eigenvalue weighted by Crippen LogP contribution is -2.08. The Hall–Kier alpha value is -2.01. The number of Topliss-reactive ketones (excluding diaryl/α,β-unsaturated/α-hetero) is 1. The van der Waals surface area contributed by atoms with Crippen LogP contribution in [-0.2, 0) is 6.42 Å². The highest BCUT2D eigenvalue weighted by molar-refractivity contribution is 6.31. The fourth-order valence-corrected chi connectivity index (χ4v) is 1.72. The second-order valence-electron chi connectivity index (χ2n) is 3.77. The molecule has 1 aromatic carbocycles. The van der Waals surface area contributed by atoms with Gasteiger partial charge in [0.25, 0.3) is 0 Å². The standard InChI is InChI=1S/C13H10ClFN2O2/c1-19-12-6-5-10(16-17-12)11(18)7-8-3-2-4-9(15)13(8)14/h2-6H,7H2,1H3. The second-order valence-corrected chi connectivity index (χ2v) is 4.15. The van der Waals surface area contributed by atoms with Crippen molar-refractivity contribution in [2.45, 2.75) is 6.42 Å². The molecule has 4 nitrogen and oxygen atoms in total. The van der Waals surface area contributed by atoms with E-state index in [-0.39, 0.29) is 22.9 Å². The third kappa shape index (κ3) is 3.06. The third-order valence-electron chi connectivity index (χ3n) is 2.52. The van der Waals surface area contributed by atoms with Crippen LogP contribution in [-0.4, -0.2) is 23.1 Å². The van der Waals surface area contributed by atoms with Gasteiger partial charge in [-0.25, -0.2) is 4.39 Å². The number of halogens is 2. The summed E-state index contributed by atoms with van der Waals surface area (Å²) < 4.78 is 18.1. The van der Waals surface area contributed by atoms with Crippen molar-refractivity contribution in [1.29, 1.82) is 0 Å². The molecule has 0 aliphatic rings. The average Bonchev–Trinajstić information content (AvgIpc) is 2.44. The first-order valence-electron chi connectivity index (χ1n) is 5.45. The maximum Gasteiger partial charge on any atom is 0.233 e. The van der Waals surface area contributed by atoms with E-state index in [1.165, 1.54) is 31.4 Å². The van der Waals surface area contributed by atoms with E-state index >= 15 is 0 Å². The summed E-state index contributed by atoms with van der Waals surface area (Å²) in [5, 5.41) is 7.39. The van der Waals surface area contributed by atoms with Gasteiger partial charge in [0.15, 0.2) is 5.78 Å². The Bertz CT molecular complexity index is 602. The van der Waals surface area contributed by atoms with Gasteiger partial charge in [-0.3, -0.25) is 4.79 Å². The summed E-state index contributed by atoms with van der Waals surface area (Å²) in [7, 11) is 1.46. The highest BCUT2D eigenvalue weighted by Crippen LogP contribution is 2.21. The molecule has 0 aliphatic carbocycles. The lowest BCUT2D eigenvalue weighted by molar-refractivity contribution is 0.0987. The number of methoxy groups -OCH3 is 1. The van der Waals surface area contributed by atoms with Gasteiger partial charge in [-0.1, -0.05) is 23.7 Å². The zero-order valence-electron chi connectivity index (χ0n) is 10.1. The molecular formula is C13H10ClFN2O2. The fourth-order valence-electron chi connectivity index (χ4n) is 1.53. The highest BCUT2D eigenvalue weighted by Gasteiger charge is 2.13. The maximum atomic E-state index is 13.2. The summed E-state index contributed by atoms with van der Waals surface area (Å²) in [6, 6.07) is 7.38. The van der Waals surface area contributed by atoms with Gasteiger partial charge in [0, 0.05) is 12.5 Å². The Morgan fingerprint density at radius 3 is 2.74 bits per heavy atom. The van der Waals surface area contributed by atoms with Gasteiger partial charge in [0.2, 0.25) is 5.88 Å². The minimum Gasteiger partial charge on any atom is -0.480 e. The number of carbonyl (C=O) groups is 1. The van der Waals surface area contributed by atoms with Crippen LogP contribution in [0, 0.1) is 5.82 Å². The molecule has 0 amide bonds. The van der Waals surface area contributed by atoms with Gasteiger partial charge in [-0.05, 0) is 17.7 Å². The van der Waals surface area contributed by atoms with Crippen molar-refractivity contribution in [2.24, 2.45) is 0 Å². The van der Waals surface area contributed by atoms with Crippen molar-refractivity contribution in [3.8, 4) is 5.88 Å². The predicted octanol–water partition coefficient (Wildman–Crippen LogP) is 2.70. The molecule has 98 valence electrons. The molecule has 2 aromatic rings. The first-order valence-corrected chi connectivity index (χ1v) is 5.83. The van der Waals surface area contributed by atoms with Crippen molar-refractivity contribution in [3.05, 3.63) is 52.4 Å². The zero-order valence-corrected chi connectivity index (χ0v) is 10.8. The van der Waals surface area contributed by atoms with E-state index in [1.807, 2.05) is 0 Å². The first kappa shape index (κ1) is 13.4. The summed E-state index contributed by atoms with van der Waals surface area (Å²) in [5.74, 6) is -0.518. The maximum absolute atomic E-state index is 13.2. The largest absolute Gasteiger partial charge is 0.480 e. The van der Waals surface area contributed by atoms with Crippen LogP contribution in [0.3, 0.4) is 0 Å². The van der Waals surface area contributed by atoms with E-state index in [4.69, 9.17) is 16.3 Å². The first-order chi connectivity index (χ1) is 9.11. The summed E-state index contributed by atoms with van der Waals surface area (Å²) in [6.45, 7) is 0. The molecule has 0 saturated heterocycles. The molecule has 2 rings (SSSR count). The van der Waals surface area contributed by atoms with Gasteiger partial charge in [-0.2, -0.15) is 0 Å². The van der Waals surface area contributed by atoms with E-state index < -0.39 is 5.82 Å². The van der Waals surface area contributed by atoms with Crippen LogP contribution < -0.4 is 4.74 Å². The van der Waals surface area contributed by atoms with Crippen LogP contribution >= 0.6 is 11.6 Å². The molecule has 19 heavy (non-hydrogen) atoms. The monoisotopic (exact) mass is 280 g/mol. The number of benzene rings is 1. The van der Waals surface area contributed by atoms with E-state index in [2.05, 4.69) is 10.2 Å². The lowest BCUT2D eigenvalue weighted by Gasteiger charge is -2.04. The molecule has 0 spiro atoms. The van der Waals surface area contributed by atoms with E-state index in [1.54, 1.807) is 6.07 Å². The van der Waals surface area contributed by atoms with Crippen molar-refractivity contribution in [1.82, 2.24) is 10.2 Å². The van der Waals surface area contributed by atoms with Gasteiger partial charge >= 0.3 is 0 Å². The number of nitrogens with zero attached hydrogens (tertiary/aromatic N) is 2. The number of hydrogen-bond acceptors (Lipinski definition) is 4. The van der Waals surface area contributed by atoms with E-state index in [9.17, 15) is 9.18 Å². The fraction of sp³-hybridized carbons (Fsp3) is 0.154. The van der Waals surface area contributed by atoms with Gasteiger partial charge in [0.1, 0.15) is 11.5 Å². The Labute approximate surface area is 114 Å². The Morgan fingerprint density at radius 1 is 1.32 bits per heavy atom. The van der Waals surface area contributed by atoms with Gasteiger partial charge in [0.05, 0.1) is 12.1 Å². The molecule has 0 unspecified atom stereocenters. The van der Waals surface area contributed by atoms with E-state index in [0.717, 1.165) is 0 Å². The summed E-state index contributed by atoms with van der Waals surface area (Å²) in [6.07, 6.45) is -0.0302. The zero-order chi connectivity index (χ0) is 13.8. The van der Waals surface area contributed by atoms with Gasteiger partial charge in [-0.15, -0.1) is 10.2 Å². The number of rotatable bonds is 4. The minimum absolute atomic E-state index is 0.0302. The average molecular weight is 281 g/mol. The Kier molecular flexibility index (Phi) is 4.06. The molecule has 0 aliphatic heterocycles. The third-order valence-corrected chi connectivity index (χ3v) is 2.94. The molecule has 0 radical (unpaired) electrons. The van der Waals surface area contributed by atoms with E-state index in [0.29, 0.717) is 11.4 Å². The molecule has 0 N–H and O–H groups in total.